The molecule has 4 heteroatoms. The fourth-order valence-corrected chi connectivity index (χ4v) is 2.52. The number of hydrogen-bond acceptors (Lipinski definition) is 4. The summed E-state index contributed by atoms with van der Waals surface area (Å²) in [6, 6.07) is 6.31. The third kappa shape index (κ3) is 3.29. The number of anilines is 2. The topological polar surface area (TPSA) is 50.5 Å². The number of nitrogens with one attached hydrogen (secondary N) is 1. The van der Waals surface area contributed by atoms with Crippen molar-refractivity contribution in [3.63, 3.8) is 0 Å². The molecule has 100 valence electrons. The predicted molar refractivity (Wildman–Crippen MR) is 76.2 cm³/mol. The highest BCUT2D eigenvalue weighted by Crippen LogP contribution is 2.24. The molecule has 18 heavy (non-hydrogen) atoms. The zero-order chi connectivity index (χ0) is 13.0. The van der Waals surface area contributed by atoms with Crippen molar-refractivity contribution >= 4 is 11.4 Å². The summed E-state index contributed by atoms with van der Waals surface area (Å²) >= 11 is 0. The summed E-state index contributed by atoms with van der Waals surface area (Å²) in [4.78, 5) is 2.48. The largest absolute Gasteiger partial charge is 0.497 e. The smallest absolute Gasteiger partial charge is 0.122 e. The van der Waals surface area contributed by atoms with Crippen LogP contribution in [0.4, 0.5) is 11.4 Å². The monoisotopic (exact) mass is 249 g/mol. The first-order valence-electron chi connectivity index (χ1n) is 6.64. The van der Waals surface area contributed by atoms with E-state index in [0.717, 1.165) is 30.2 Å². The summed E-state index contributed by atoms with van der Waals surface area (Å²) in [5, 5.41) is 3.56. The third-order valence-corrected chi connectivity index (χ3v) is 3.49. The maximum absolute atomic E-state index is 5.86. The fraction of sp³-hybridized carbons (Fsp3) is 0.571. The number of benzene rings is 1. The van der Waals surface area contributed by atoms with Gasteiger partial charge in [0.25, 0.3) is 0 Å². The molecule has 1 aliphatic heterocycles. The molecule has 0 bridgehead atoms. The summed E-state index contributed by atoms with van der Waals surface area (Å²) in [5.74, 6) is 0.806. The number of methoxy groups -OCH3 is 1. The van der Waals surface area contributed by atoms with E-state index in [1.165, 1.54) is 19.4 Å². The van der Waals surface area contributed by atoms with Crippen LogP contribution in [0.25, 0.3) is 0 Å². The lowest BCUT2D eigenvalue weighted by atomic mass is 10.1. The number of hydrogen-bond donors (Lipinski definition) is 2. The van der Waals surface area contributed by atoms with Crippen molar-refractivity contribution in [2.45, 2.75) is 25.8 Å². The number of likely N-dealkylation sites (tertiary alicyclic amines) is 1. The van der Waals surface area contributed by atoms with Crippen LogP contribution < -0.4 is 15.8 Å². The zero-order valence-electron chi connectivity index (χ0n) is 11.3. The van der Waals surface area contributed by atoms with Crippen LogP contribution in [0.15, 0.2) is 18.2 Å². The Balaban J connectivity index is 2.02. The Hall–Kier alpha value is -1.42. The van der Waals surface area contributed by atoms with Crippen molar-refractivity contribution in [1.82, 2.24) is 4.90 Å². The summed E-state index contributed by atoms with van der Waals surface area (Å²) in [5.41, 5.74) is 7.65. The maximum atomic E-state index is 5.86. The van der Waals surface area contributed by atoms with E-state index in [4.69, 9.17) is 10.5 Å². The quantitative estimate of drug-likeness (QED) is 0.803. The van der Waals surface area contributed by atoms with E-state index in [2.05, 4.69) is 17.1 Å². The Morgan fingerprint density at radius 2 is 2.28 bits per heavy atom. The summed E-state index contributed by atoms with van der Waals surface area (Å²) in [6.07, 6.45) is 2.47. The Labute approximate surface area is 109 Å². The van der Waals surface area contributed by atoms with Gasteiger partial charge in [-0.3, -0.25) is 0 Å². The molecule has 1 saturated heterocycles. The normalized spacial score (nSPS) is 20.7. The van der Waals surface area contributed by atoms with Crippen molar-refractivity contribution in [3.05, 3.63) is 18.2 Å². The maximum Gasteiger partial charge on any atom is 0.122 e. The van der Waals surface area contributed by atoms with Crippen molar-refractivity contribution < 1.29 is 4.74 Å². The second-order valence-electron chi connectivity index (χ2n) is 4.87. The zero-order valence-corrected chi connectivity index (χ0v) is 11.3. The average molecular weight is 249 g/mol. The van der Waals surface area contributed by atoms with Gasteiger partial charge in [0.1, 0.15) is 5.75 Å². The highest BCUT2D eigenvalue weighted by Gasteiger charge is 2.18. The van der Waals surface area contributed by atoms with E-state index in [9.17, 15) is 0 Å². The van der Waals surface area contributed by atoms with Crippen LogP contribution in [0.2, 0.25) is 0 Å². The van der Waals surface area contributed by atoms with Crippen molar-refractivity contribution in [1.29, 1.82) is 0 Å². The summed E-state index contributed by atoms with van der Waals surface area (Å²) in [7, 11) is 1.66. The molecule has 1 unspecified atom stereocenters. The third-order valence-electron chi connectivity index (χ3n) is 3.49. The molecule has 1 aromatic rings. The van der Waals surface area contributed by atoms with Crippen LogP contribution in [0, 0.1) is 0 Å². The lowest BCUT2D eigenvalue weighted by molar-refractivity contribution is 0.227. The Morgan fingerprint density at radius 3 is 3.00 bits per heavy atom. The minimum atomic E-state index is 0.505. The second kappa shape index (κ2) is 5.96. The van der Waals surface area contributed by atoms with Gasteiger partial charge in [-0.05, 0) is 32.0 Å². The molecule has 1 fully saturated rings. The number of piperidine rings is 1. The highest BCUT2D eigenvalue weighted by molar-refractivity contribution is 5.59. The molecule has 0 radical (unpaired) electrons. The van der Waals surface area contributed by atoms with E-state index in [-0.39, 0.29) is 0 Å². The van der Waals surface area contributed by atoms with E-state index < -0.39 is 0 Å². The van der Waals surface area contributed by atoms with Gasteiger partial charge in [0.15, 0.2) is 0 Å². The Morgan fingerprint density at radius 1 is 1.44 bits per heavy atom. The van der Waals surface area contributed by atoms with E-state index >= 15 is 0 Å². The Kier molecular flexibility index (Phi) is 4.31. The van der Waals surface area contributed by atoms with Crippen LogP contribution in [0.3, 0.4) is 0 Å². The van der Waals surface area contributed by atoms with Gasteiger partial charge in [0.2, 0.25) is 0 Å². The predicted octanol–water partition coefficient (Wildman–Crippen LogP) is 2.17. The summed E-state index contributed by atoms with van der Waals surface area (Å²) in [6.45, 7) is 5.66. The summed E-state index contributed by atoms with van der Waals surface area (Å²) < 4.78 is 5.24. The van der Waals surface area contributed by atoms with Crippen molar-refractivity contribution in [2.75, 3.05) is 37.8 Å². The van der Waals surface area contributed by atoms with Gasteiger partial charge in [-0.15, -0.1) is 0 Å². The molecule has 0 aromatic heterocycles. The van der Waals surface area contributed by atoms with Gasteiger partial charge in [0, 0.05) is 36.1 Å². The first-order valence-corrected chi connectivity index (χ1v) is 6.64. The number of nitrogen functional groups attached to an aromatic ring is 1. The minimum absolute atomic E-state index is 0.505. The molecule has 0 saturated carbocycles. The van der Waals surface area contributed by atoms with Gasteiger partial charge in [0.05, 0.1) is 7.11 Å². The number of ether oxygens (including phenoxy) is 1. The molecule has 1 aliphatic rings. The minimum Gasteiger partial charge on any atom is -0.497 e. The number of nitrogens with zero attached hydrogens (tertiary/aromatic N) is 1. The molecule has 0 spiro atoms. The van der Waals surface area contributed by atoms with Gasteiger partial charge in [-0.2, -0.15) is 0 Å². The van der Waals surface area contributed by atoms with Gasteiger partial charge in [-0.25, -0.2) is 0 Å². The lowest BCUT2D eigenvalue weighted by Crippen LogP contribution is -2.41. The molecule has 1 aromatic carbocycles. The molecule has 2 rings (SSSR count). The fourth-order valence-electron chi connectivity index (χ4n) is 2.52. The second-order valence-corrected chi connectivity index (χ2v) is 4.87. The van der Waals surface area contributed by atoms with Gasteiger partial charge in [-0.1, -0.05) is 6.92 Å². The number of rotatable bonds is 4. The first-order chi connectivity index (χ1) is 8.71. The van der Waals surface area contributed by atoms with E-state index in [0.29, 0.717) is 6.04 Å². The van der Waals surface area contributed by atoms with Crippen LogP contribution in [-0.4, -0.2) is 37.7 Å². The van der Waals surface area contributed by atoms with Gasteiger partial charge < -0.3 is 20.7 Å². The van der Waals surface area contributed by atoms with Crippen LogP contribution in [-0.2, 0) is 0 Å². The number of nitrogens with two attached hydrogens (primary N) is 1. The average Bonchev–Trinajstić information content (AvgIpc) is 2.38. The highest BCUT2D eigenvalue weighted by atomic mass is 16.5. The molecular formula is C14H23N3O. The van der Waals surface area contributed by atoms with Crippen molar-refractivity contribution in [3.8, 4) is 5.75 Å². The van der Waals surface area contributed by atoms with E-state index in [1.54, 1.807) is 7.11 Å². The Bertz CT molecular complexity index is 395. The standard InChI is InChI=1S/C14H23N3O/c1-3-17-6-4-5-12(10-17)16-13-7-11(15)8-14(9-13)18-2/h7-9,12,16H,3-6,10,15H2,1-2H3. The first kappa shape index (κ1) is 13.0. The lowest BCUT2D eigenvalue weighted by Gasteiger charge is -2.32. The van der Waals surface area contributed by atoms with Crippen LogP contribution in [0.1, 0.15) is 19.8 Å². The van der Waals surface area contributed by atoms with Crippen LogP contribution >= 0.6 is 0 Å². The molecular weight excluding hydrogens is 226 g/mol. The van der Waals surface area contributed by atoms with Crippen molar-refractivity contribution in [2.24, 2.45) is 0 Å². The molecule has 4 nitrogen and oxygen atoms in total. The number of likely N-dealkylation sites (N-methyl/N-ethyl adjacent to an activating group) is 1. The molecule has 1 atom stereocenters. The van der Waals surface area contributed by atoms with E-state index in [1.807, 2.05) is 18.2 Å². The molecule has 1 heterocycles. The van der Waals surface area contributed by atoms with Crippen LogP contribution in [0.5, 0.6) is 5.75 Å². The van der Waals surface area contributed by atoms with Gasteiger partial charge >= 0.3 is 0 Å². The molecule has 0 aliphatic carbocycles. The molecule has 3 N–H and O–H groups in total. The molecule has 0 amide bonds. The SMILES string of the molecule is CCN1CCCC(Nc2cc(N)cc(OC)c2)C1.